The van der Waals surface area contributed by atoms with Crippen LogP contribution >= 0.6 is 0 Å². The SMILES string of the molecule is CC(C)(CN)CNC(=O)C1CCC(F)(F)CC1. The van der Waals surface area contributed by atoms with Crippen LogP contribution in [0.25, 0.3) is 0 Å². The smallest absolute Gasteiger partial charge is 0.248 e. The van der Waals surface area contributed by atoms with Crippen LogP contribution < -0.4 is 11.1 Å². The maximum atomic E-state index is 12.9. The van der Waals surface area contributed by atoms with E-state index >= 15 is 0 Å². The summed E-state index contributed by atoms with van der Waals surface area (Å²) in [7, 11) is 0. The van der Waals surface area contributed by atoms with E-state index in [1.807, 2.05) is 13.8 Å². The molecule has 0 radical (unpaired) electrons. The van der Waals surface area contributed by atoms with E-state index in [0.717, 1.165) is 0 Å². The molecule has 0 saturated heterocycles. The lowest BCUT2D eigenvalue weighted by atomic mass is 9.85. The molecule has 0 aromatic carbocycles. The summed E-state index contributed by atoms with van der Waals surface area (Å²) in [6, 6.07) is 0. The van der Waals surface area contributed by atoms with Crippen LogP contribution in [0.4, 0.5) is 8.78 Å². The summed E-state index contributed by atoms with van der Waals surface area (Å²) >= 11 is 0. The van der Waals surface area contributed by atoms with E-state index in [2.05, 4.69) is 5.32 Å². The van der Waals surface area contributed by atoms with E-state index in [9.17, 15) is 13.6 Å². The van der Waals surface area contributed by atoms with Crippen LogP contribution in [0.15, 0.2) is 0 Å². The van der Waals surface area contributed by atoms with Crippen molar-refractivity contribution in [3.63, 3.8) is 0 Å². The normalized spacial score (nSPS) is 21.2. The molecule has 5 heteroatoms. The van der Waals surface area contributed by atoms with Gasteiger partial charge in [-0.15, -0.1) is 0 Å². The summed E-state index contributed by atoms with van der Waals surface area (Å²) in [5.74, 6) is -2.95. The number of carbonyl (C=O) groups excluding carboxylic acids is 1. The van der Waals surface area contributed by atoms with E-state index in [4.69, 9.17) is 5.73 Å². The Bertz CT molecular complexity index is 270. The molecule has 0 atom stereocenters. The fraction of sp³-hybridized carbons (Fsp3) is 0.917. The van der Waals surface area contributed by atoms with E-state index in [1.165, 1.54) is 0 Å². The quantitative estimate of drug-likeness (QED) is 0.798. The van der Waals surface area contributed by atoms with Crippen molar-refractivity contribution in [2.45, 2.75) is 45.5 Å². The van der Waals surface area contributed by atoms with Gasteiger partial charge in [0.05, 0.1) is 0 Å². The van der Waals surface area contributed by atoms with Crippen LogP contribution in [0, 0.1) is 11.3 Å². The van der Waals surface area contributed by atoms with Gasteiger partial charge in [-0.25, -0.2) is 8.78 Å². The van der Waals surface area contributed by atoms with Gasteiger partial charge in [0, 0.05) is 25.3 Å². The van der Waals surface area contributed by atoms with E-state index in [1.54, 1.807) is 0 Å². The average Bonchev–Trinajstić information content (AvgIpc) is 2.26. The Morgan fingerprint density at radius 3 is 2.41 bits per heavy atom. The summed E-state index contributed by atoms with van der Waals surface area (Å²) < 4.78 is 25.8. The molecule has 17 heavy (non-hydrogen) atoms. The highest BCUT2D eigenvalue weighted by Crippen LogP contribution is 2.36. The van der Waals surface area contributed by atoms with Crippen LogP contribution in [0.2, 0.25) is 0 Å². The van der Waals surface area contributed by atoms with Gasteiger partial charge in [0.2, 0.25) is 11.8 Å². The van der Waals surface area contributed by atoms with E-state index in [0.29, 0.717) is 13.1 Å². The number of nitrogens with one attached hydrogen (secondary N) is 1. The summed E-state index contributed by atoms with van der Waals surface area (Å²) in [6.07, 6.45) is 0.209. The number of halogens is 2. The Labute approximate surface area is 101 Å². The molecule has 3 N–H and O–H groups in total. The predicted molar refractivity (Wildman–Crippen MR) is 62.8 cm³/mol. The second-order valence-corrected chi connectivity index (χ2v) is 5.72. The predicted octanol–water partition coefficient (Wildman–Crippen LogP) is 1.91. The number of hydrogen-bond acceptors (Lipinski definition) is 2. The molecule has 1 amide bonds. The third-order valence-corrected chi connectivity index (χ3v) is 3.38. The van der Waals surface area contributed by atoms with Crippen molar-refractivity contribution < 1.29 is 13.6 Å². The van der Waals surface area contributed by atoms with Crippen molar-refractivity contribution in [1.82, 2.24) is 5.32 Å². The molecule has 1 aliphatic carbocycles. The molecule has 1 rings (SSSR count). The first-order valence-electron chi connectivity index (χ1n) is 6.11. The first-order chi connectivity index (χ1) is 7.76. The average molecular weight is 248 g/mol. The van der Waals surface area contributed by atoms with Gasteiger partial charge in [-0.1, -0.05) is 13.8 Å². The molecule has 0 spiro atoms. The molecular formula is C12H22F2N2O. The molecule has 0 unspecified atom stereocenters. The lowest BCUT2D eigenvalue weighted by molar-refractivity contribution is -0.129. The summed E-state index contributed by atoms with van der Waals surface area (Å²) in [5, 5.41) is 2.81. The minimum atomic E-state index is -2.58. The molecule has 0 aromatic rings. The number of hydrogen-bond donors (Lipinski definition) is 2. The number of alkyl halides is 2. The molecule has 0 heterocycles. The first-order valence-corrected chi connectivity index (χ1v) is 6.11. The highest BCUT2D eigenvalue weighted by Gasteiger charge is 2.37. The van der Waals surface area contributed by atoms with E-state index in [-0.39, 0.29) is 42.9 Å². The largest absolute Gasteiger partial charge is 0.355 e. The molecule has 1 saturated carbocycles. The van der Waals surface area contributed by atoms with Gasteiger partial charge in [-0.05, 0) is 24.8 Å². The second-order valence-electron chi connectivity index (χ2n) is 5.72. The van der Waals surface area contributed by atoms with Crippen molar-refractivity contribution in [1.29, 1.82) is 0 Å². The number of carbonyl (C=O) groups is 1. The number of nitrogens with two attached hydrogens (primary N) is 1. The maximum absolute atomic E-state index is 12.9. The fourth-order valence-electron chi connectivity index (χ4n) is 1.85. The van der Waals surface area contributed by atoms with Gasteiger partial charge >= 0.3 is 0 Å². The van der Waals surface area contributed by atoms with Crippen LogP contribution in [-0.2, 0) is 4.79 Å². The molecule has 0 aromatic heterocycles. The minimum Gasteiger partial charge on any atom is -0.355 e. The van der Waals surface area contributed by atoms with Gasteiger partial charge in [-0.3, -0.25) is 4.79 Å². The zero-order valence-corrected chi connectivity index (χ0v) is 10.6. The van der Waals surface area contributed by atoms with Gasteiger partial charge in [0.25, 0.3) is 0 Å². The minimum absolute atomic E-state index is 0.109. The number of rotatable bonds is 4. The Kier molecular flexibility index (Phi) is 4.47. The third-order valence-electron chi connectivity index (χ3n) is 3.38. The monoisotopic (exact) mass is 248 g/mol. The van der Waals surface area contributed by atoms with Gasteiger partial charge in [0.15, 0.2) is 0 Å². The highest BCUT2D eigenvalue weighted by atomic mass is 19.3. The highest BCUT2D eigenvalue weighted by molar-refractivity contribution is 5.78. The van der Waals surface area contributed by atoms with Gasteiger partial charge < -0.3 is 11.1 Å². The van der Waals surface area contributed by atoms with Crippen molar-refractivity contribution in [2.75, 3.05) is 13.1 Å². The van der Waals surface area contributed by atoms with Crippen molar-refractivity contribution in [3.8, 4) is 0 Å². The molecule has 1 fully saturated rings. The zero-order valence-electron chi connectivity index (χ0n) is 10.6. The topological polar surface area (TPSA) is 55.1 Å². The molecule has 100 valence electrons. The standard InChI is InChI=1S/C12H22F2N2O/c1-11(2,7-15)8-16-10(17)9-3-5-12(13,14)6-4-9/h9H,3-8,15H2,1-2H3,(H,16,17). The molecule has 3 nitrogen and oxygen atoms in total. The fourth-order valence-corrected chi connectivity index (χ4v) is 1.85. The Morgan fingerprint density at radius 1 is 1.41 bits per heavy atom. The van der Waals surface area contributed by atoms with Crippen molar-refractivity contribution in [2.24, 2.45) is 17.1 Å². The molecule has 0 aliphatic heterocycles. The summed E-state index contributed by atoms with van der Waals surface area (Å²) in [5.41, 5.74) is 5.41. The van der Waals surface area contributed by atoms with Crippen LogP contribution in [0.3, 0.4) is 0 Å². The third kappa shape index (κ3) is 4.58. The van der Waals surface area contributed by atoms with Crippen molar-refractivity contribution >= 4 is 5.91 Å². The Morgan fingerprint density at radius 2 is 1.94 bits per heavy atom. The Hall–Kier alpha value is -0.710. The van der Waals surface area contributed by atoms with Crippen LogP contribution in [0.1, 0.15) is 39.5 Å². The first kappa shape index (κ1) is 14.4. The molecule has 0 bridgehead atoms. The summed E-state index contributed by atoms with van der Waals surface area (Å²) in [6.45, 7) is 4.90. The Balaban J connectivity index is 2.35. The lowest BCUT2D eigenvalue weighted by Gasteiger charge is -2.29. The van der Waals surface area contributed by atoms with Gasteiger partial charge in [-0.2, -0.15) is 0 Å². The van der Waals surface area contributed by atoms with Crippen molar-refractivity contribution in [3.05, 3.63) is 0 Å². The zero-order chi connectivity index (χ0) is 13.1. The molecular weight excluding hydrogens is 226 g/mol. The molecule has 1 aliphatic rings. The number of amides is 1. The maximum Gasteiger partial charge on any atom is 0.248 e. The lowest BCUT2D eigenvalue weighted by Crippen LogP contribution is -2.42. The second kappa shape index (κ2) is 5.29. The van der Waals surface area contributed by atoms with Crippen LogP contribution in [-0.4, -0.2) is 24.9 Å². The summed E-state index contributed by atoms with van der Waals surface area (Å²) in [4.78, 5) is 11.8. The van der Waals surface area contributed by atoms with Crippen LogP contribution in [0.5, 0.6) is 0 Å². The van der Waals surface area contributed by atoms with E-state index < -0.39 is 5.92 Å². The van der Waals surface area contributed by atoms with Gasteiger partial charge in [0.1, 0.15) is 0 Å².